The van der Waals surface area contributed by atoms with Crippen LogP contribution < -0.4 is 4.74 Å². The molecule has 2 heterocycles. The van der Waals surface area contributed by atoms with Crippen LogP contribution in [0.1, 0.15) is 33.5 Å². The molecule has 0 amide bonds. The topological polar surface area (TPSA) is 131 Å². The number of hydrogen-bond donors (Lipinski definition) is 3. The molecule has 0 fully saturated rings. The molecule has 0 saturated heterocycles. The highest BCUT2D eigenvalue weighted by molar-refractivity contribution is 6.00. The molecule has 2 aromatic rings. The van der Waals surface area contributed by atoms with Crippen molar-refractivity contribution in [3.8, 4) is 29.0 Å². The molecule has 9 nitrogen and oxygen atoms in total. The zero-order valence-corrected chi connectivity index (χ0v) is 15.2. The minimum Gasteiger partial charge on any atom is -0.491 e. The molecule has 1 unspecified atom stereocenters. The molecule has 1 aromatic carbocycles. The lowest BCUT2D eigenvalue weighted by Gasteiger charge is -2.14. The number of ether oxygens (including phenoxy) is 2. The number of imidazole rings is 1. The molecular weight excluding hydrogens is 368 g/mol. The van der Waals surface area contributed by atoms with E-state index >= 15 is 0 Å². The molecule has 146 valence electrons. The van der Waals surface area contributed by atoms with Crippen LogP contribution in [0, 0.1) is 11.8 Å². The van der Waals surface area contributed by atoms with E-state index in [1.807, 2.05) is 0 Å². The highest BCUT2D eigenvalue weighted by Gasteiger charge is 2.30. The van der Waals surface area contributed by atoms with Crippen molar-refractivity contribution in [1.29, 1.82) is 0 Å². The van der Waals surface area contributed by atoms with Crippen molar-refractivity contribution in [2.24, 2.45) is 0 Å². The van der Waals surface area contributed by atoms with Crippen molar-refractivity contribution in [3.63, 3.8) is 0 Å². The van der Waals surface area contributed by atoms with Crippen LogP contribution in [0.3, 0.4) is 0 Å². The number of benzene rings is 1. The summed E-state index contributed by atoms with van der Waals surface area (Å²) in [6.45, 7) is 1.84. The van der Waals surface area contributed by atoms with Crippen LogP contribution in [0.4, 0.5) is 0 Å². The number of rotatable bonds is 4. The van der Waals surface area contributed by atoms with Crippen molar-refractivity contribution in [1.82, 2.24) is 9.55 Å². The normalized spacial score (nSPS) is 14.4. The van der Waals surface area contributed by atoms with Crippen molar-refractivity contribution in [3.05, 3.63) is 35.2 Å². The third kappa shape index (κ3) is 3.69. The van der Waals surface area contributed by atoms with E-state index in [0.29, 0.717) is 16.9 Å². The van der Waals surface area contributed by atoms with E-state index in [2.05, 4.69) is 16.8 Å². The van der Waals surface area contributed by atoms with Crippen LogP contribution in [0.25, 0.3) is 11.4 Å². The summed E-state index contributed by atoms with van der Waals surface area (Å²) in [5, 5.41) is 28.9. The number of carboxylic acids is 2. The minimum atomic E-state index is -1.42. The van der Waals surface area contributed by atoms with E-state index in [9.17, 15) is 24.9 Å². The Bertz CT molecular complexity index is 1010. The van der Waals surface area contributed by atoms with Gasteiger partial charge in [-0.3, -0.25) is 0 Å². The fourth-order valence-corrected chi connectivity index (χ4v) is 2.92. The SMILES string of the molecule is COCC(C)(O)C#Cc1ccc2c(c1)-c1nc(C(=O)O)c(C(=O)O)n1CCO2. The first-order valence-corrected chi connectivity index (χ1v) is 8.32. The Morgan fingerprint density at radius 1 is 1.36 bits per heavy atom. The summed E-state index contributed by atoms with van der Waals surface area (Å²) < 4.78 is 11.9. The van der Waals surface area contributed by atoms with Gasteiger partial charge in [0.15, 0.2) is 11.4 Å². The quantitative estimate of drug-likeness (QED) is 0.666. The number of aromatic carboxylic acids is 2. The highest BCUT2D eigenvalue weighted by atomic mass is 16.5. The summed E-state index contributed by atoms with van der Waals surface area (Å²) in [4.78, 5) is 27.1. The minimum absolute atomic E-state index is 0.0302. The zero-order chi connectivity index (χ0) is 20.5. The van der Waals surface area contributed by atoms with Crippen LogP contribution in [0.5, 0.6) is 5.75 Å². The summed E-state index contributed by atoms with van der Waals surface area (Å²) in [7, 11) is 1.45. The Kier molecular flexibility index (Phi) is 5.09. The summed E-state index contributed by atoms with van der Waals surface area (Å²) in [5.41, 5.74) is -1.34. The molecule has 1 aromatic heterocycles. The highest BCUT2D eigenvalue weighted by Crippen LogP contribution is 2.34. The van der Waals surface area contributed by atoms with Crippen LogP contribution in [0.15, 0.2) is 18.2 Å². The van der Waals surface area contributed by atoms with E-state index in [4.69, 9.17) is 9.47 Å². The lowest BCUT2D eigenvalue weighted by atomic mass is 10.1. The van der Waals surface area contributed by atoms with Crippen LogP contribution in [0.2, 0.25) is 0 Å². The molecule has 9 heteroatoms. The Morgan fingerprint density at radius 3 is 2.75 bits per heavy atom. The average Bonchev–Trinajstić information content (AvgIpc) is 2.92. The van der Waals surface area contributed by atoms with Gasteiger partial charge < -0.3 is 29.4 Å². The molecule has 1 aliphatic heterocycles. The second-order valence-corrected chi connectivity index (χ2v) is 6.41. The van der Waals surface area contributed by atoms with E-state index in [1.54, 1.807) is 18.2 Å². The Hall–Kier alpha value is -3.35. The third-order valence-electron chi connectivity index (χ3n) is 4.07. The first kappa shape index (κ1) is 19.4. The number of fused-ring (bicyclic) bond motifs is 3. The van der Waals surface area contributed by atoms with Crippen LogP contribution in [-0.2, 0) is 11.3 Å². The van der Waals surface area contributed by atoms with Gasteiger partial charge in [0.25, 0.3) is 0 Å². The molecule has 1 aliphatic rings. The first-order valence-electron chi connectivity index (χ1n) is 8.32. The van der Waals surface area contributed by atoms with Crippen molar-refractivity contribution in [2.75, 3.05) is 20.3 Å². The standard InChI is InChI=1S/C19H18N2O7/c1-19(26,10-27-2)6-5-11-3-4-13-12(9-11)16-20-14(17(22)23)15(18(24)25)21(16)7-8-28-13/h3-4,9,26H,7-8,10H2,1-2H3,(H,22,23)(H,24,25). The lowest BCUT2D eigenvalue weighted by molar-refractivity contribution is 0.0274. The van der Waals surface area contributed by atoms with Gasteiger partial charge in [0.2, 0.25) is 0 Å². The Labute approximate surface area is 160 Å². The summed E-state index contributed by atoms with van der Waals surface area (Å²) in [6.07, 6.45) is 0. The second kappa shape index (κ2) is 7.34. The van der Waals surface area contributed by atoms with Crippen molar-refractivity contribution < 1.29 is 34.4 Å². The van der Waals surface area contributed by atoms with Crippen molar-refractivity contribution >= 4 is 11.9 Å². The summed E-state index contributed by atoms with van der Waals surface area (Å²) >= 11 is 0. The monoisotopic (exact) mass is 386 g/mol. The van der Waals surface area contributed by atoms with Gasteiger partial charge in [0.05, 0.1) is 18.7 Å². The molecule has 0 saturated carbocycles. The predicted octanol–water partition coefficient (Wildman–Crippen LogP) is 1.09. The summed E-state index contributed by atoms with van der Waals surface area (Å²) in [6, 6.07) is 4.95. The molecule has 0 aliphatic carbocycles. The molecule has 3 N–H and O–H groups in total. The smallest absolute Gasteiger partial charge is 0.357 e. The average molecular weight is 386 g/mol. The fourth-order valence-electron chi connectivity index (χ4n) is 2.92. The largest absolute Gasteiger partial charge is 0.491 e. The number of aromatic nitrogens is 2. The maximum Gasteiger partial charge on any atom is 0.357 e. The molecular formula is C19H18N2O7. The number of hydrogen-bond acceptors (Lipinski definition) is 6. The van der Waals surface area contributed by atoms with E-state index in [1.165, 1.54) is 18.6 Å². The first-order chi connectivity index (χ1) is 13.2. The number of carboxylic acid groups (broad SMARTS) is 2. The molecule has 0 spiro atoms. The Balaban J connectivity index is 2.14. The van der Waals surface area contributed by atoms with E-state index in [0.717, 1.165) is 0 Å². The van der Waals surface area contributed by atoms with Crippen molar-refractivity contribution in [2.45, 2.75) is 19.1 Å². The van der Waals surface area contributed by atoms with Gasteiger partial charge in [-0.1, -0.05) is 11.8 Å². The number of nitrogens with zero attached hydrogens (tertiary/aromatic N) is 2. The van der Waals surface area contributed by atoms with Crippen LogP contribution in [-0.4, -0.2) is 62.7 Å². The molecule has 0 radical (unpaired) electrons. The van der Waals surface area contributed by atoms with Gasteiger partial charge in [-0.25, -0.2) is 14.6 Å². The van der Waals surface area contributed by atoms with Gasteiger partial charge in [-0.05, 0) is 25.1 Å². The number of methoxy groups -OCH3 is 1. The van der Waals surface area contributed by atoms with Gasteiger partial charge >= 0.3 is 11.9 Å². The van der Waals surface area contributed by atoms with Gasteiger partial charge in [-0.15, -0.1) is 0 Å². The zero-order valence-electron chi connectivity index (χ0n) is 15.2. The van der Waals surface area contributed by atoms with Gasteiger partial charge in [0, 0.05) is 12.7 Å². The molecule has 3 rings (SSSR count). The van der Waals surface area contributed by atoms with Gasteiger partial charge in [0.1, 0.15) is 23.8 Å². The number of aliphatic hydroxyl groups is 1. The maximum atomic E-state index is 11.6. The number of carbonyl (C=O) groups is 2. The fraction of sp³-hybridized carbons (Fsp3) is 0.316. The predicted molar refractivity (Wildman–Crippen MR) is 96.5 cm³/mol. The Morgan fingerprint density at radius 2 is 2.11 bits per heavy atom. The summed E-state index contributed by atoms with van der Waals surface area (Å²) in [5.74, 6) is 3.34. The molecule has 1 atom stereocenters. The molecule has 0 bridgehead atoms. The third-order valence-corrected chi connectivity index (χ3v) is 4.07. The van der Waals surface area contributed by atoms with E-state index in [-0.39, 0.29) is 25.6 Å². The second-order valence-electron chi connectivity index (χ2n) is 6.41. The lowest BCUT2D eigenvalue weighted by Crippen LogP contribution is -2.27. The maximum absolute atomic E-state index is 11.6. The van der Waals surface area contributed by atoms with Crippen LogP contribution >= 0.6 is 0 Å². The van der Waals surface area contributed by atoms with Gasteiger partial charge in [-0.2, -0.15) is 0 Å². The molecule has 28 heavy (non-hydrogen) atoms. The van der Waals surface area contributed by atoms with E-state index < -0.39 is 28.9 Å².